The van der Waals surface area contributed by atoms with Crippen LogP contribution in [0.1, 0.15) is 9.75 Å². The van der Waals surface area contributed by atoms with E-state index in [1.807, 2.05) is 30.5 Å². The van der Waals surface area contributed by atoms with Gasteiger partial charge in [0.15, 0.2) is 5.96 Å². The van der Waals surface area contributed by atoms with Gasteiger partial charge in [-0.15, -0.1) is 11.3 Å². The molecule has 5 nitrogen and oxygen atoms in total. The number of methoxy groups -OCH3 is 1. The van der Waals surface area contributed by atoms with Crippen molar-refractivity contribution in [3.63, 3.8) is 0 Å². The van der Waals surface area contributed by atoms with Crippen molar-refractivity contribution in [2.45, 2.75) is 13.5 Å². The number of nitrogens with zero attached hydrogens (tertiary/aromatic N) is 3. The molecule has 25 heavy (non-hydrogen) atoms. The number of para-hydroxylation sites is 2. The Morgan fingerprint density at radius 3 is 2.56 bits per heavy atom. The molecule has 6 heteroatoms. The number of piperazine rings is 1. The third-order valence-electron chi connectivity index (χ3n) is 4.43. The van der Waals surface area contributed by atoms with E-state index in [0.29, 0.717) is 0 Å². The minimum Gasteiger partial charge on any atom is -0.495 e. The lowest BCUT2D eigenvalue weighted by atomic mass is 10.2. The van der Waals surface area contributed by atoms with Crippen LogP contribution in [0.15, 0.2) is 41.4 Å². The Bertz CT molecular complexity index is 720. The summed E-state index contributed by atoms with van der Waals surface area (Å²) < 4.78 is 5.49. The van der Waals surface area contributed by atoms with Gasteiger partial charge < -0.3 is 19.9 Å². The lowest BCUT2D eigenvalue weighted by Gasteiger charge is -2.38. The molecule has 0 atom stereocenters. The molecule has 1 aromatic heterocycles. The van der Waals surface area contributed by atoms with Crippen LogP contribution >= 0.6 is 11.3 Å². The number of guanidine groups is 1. The number of thiophene rings is 1. The van der Waals surface area contributed by atoms with Crippen molar-refractivity contribution in [1.82, 2.24) is 10.2 Å². The van der Waals surface area contributed by atoms with Crippen molar-refractivity contribution >= 4 is 23.0 Å². The van der Waals surface area contributed by atoms with E-state index >= 15 is 0 Å². The van der Waals surface area contributed by atoms with Crippen molar-refractivity contribution in [3.8, 4) is 5.75 Å². The zero-order valence-corrected chi connectivity index (χ0v) is 16.0. The summed E-state index contributed by atoms with van der Waals surface area (Å²) in [5, 5.41) is 3.49. The Kier molecular flexibility index (Phi) is 5.81. The van der Waals surface area contributed by atoms with Gasteiger partial charge in [0.05, 0.1) is 19.3 Å². The molecular weight excluding hydrogens is 332 g/mol. The summed E-state index contributed by atoms with van der Waals surface area (Å²) in [6, 6.07) is 12.6. The molecule has 1 aromatic carbocycles. The van der Waals surface area contributed by atoms with Crippen molar-refractivity contribution in [3.05, 3.63) is 46.2 Å². The first-order valence-corrected chi connectivity index (χ1v) is 9.42. The maximum absolute atomic E-state index is 5.49. The third kappa shape index (κ3) is 4.25. The Balaban J connectivity index is 1.57. The van der Waals surface area contributed by atoms with Crippen LogP contribution in [0.25, 0.3) is 0 Å². The largest absolute Gasteiger partial charge is 0.495 e. The molecule has 1 aliphatic rings. The number of hydrogen-bond donors (Lipinski definition) is 1. The zero-order chi connectivity index (χ0) is 17.6. The summed E-state index contributed by atoms with van der Waals surface area (Å²) in [6.45, 7) is 6.78. The topological polar surface area (TPSA) is 40.1 Å². The standard InChI is InChI=1S/C19H26N4OS/c1-15-8-9-16(25-15)14-21-19(20-2)23-12-10-22(11-13-23)17-6-4-5-7-18(17)24-3/h4-9H,10-14H2,1-3H3,(H,20,21). The molecule has 3 rings (SSSR count). The summed E-state index contributed by atoms with van der Waals surface area (Å²) in [5.41, 5.74) is 1.17. The Morgan fingerprint density at radius 2 is 1.92 bits per heavy atom. The number of ether oxygens (including phenoxy) is 1. The summed E-state index contributed by atoms with van der Waals surface area (Å²) in [5.74, 6) is 1.91. The molecule has 0 amide bonds. The fraction of sp³-hybridized carbons (Fsp3) is 0.421. The van der Waals surface area contributed by atoms with Crippen LogP contribution in [0, 0.1) is 6.92 Å². The lowest BCUT2D eigenvalue weighted by Crippen LogP contribution is -2.52. The third-order valence-corrected chi connectivity index (χ3v) is 5.43. The fourth-order valence-electron chi connectivity index (χ4n) is 3.13. The van der Waals surface area contributed by atoms with Gasteiger partial charge in [-0.2, -0.15) is 0 Å². The van der Waals surface area contributed by atoms with Crippen LogP contribution in [-0.4, -0.2) is 51.2 Å². The van der Waals surface area contributed by atoms with E-state index in [9.17, 15) is 0 Å². The number of nitrogens with one attached hydrogen (secondary N) is 1. The van der Waals surface area contributed by atoms with Crippen molar-refractivity contribution in [2.24, 2.45) is 4.99 Å². The van der Waals surface area contributed by atoms with Crippen LogP contribution < -0.4 is 15.0 Å². The number of aliphatic imine (C=N–C) groups is 1. The molecule has 0 bridgehead atoms. The highest BCUT2D eigenvalue weighted by molar-refractivity contribution is 7.11. The monoisotopic (exact) mass is 358 g/mol. The quantitative estimate of drug-likeness (QED) is 0.674. The zero-order valence-electron chi connectivity index (χ0n) is 15.2. The van der Waals surface area contributed by atoms with Gasteiger partial charge in [-0.05, 0) is 31.2 Å². The van der Waals surface area contributed by atoms with Crippen LogP contribution in [-0.2, 0) is 6.54 Å². The predicted octanol–water partition coefficient (Wildman–Crippen LogP) is 2.96. The molecule has 2 aromatic rings. The van der Waals surface area contributed by atoms with Crippen LogP contribution in [0.4, 0.5) is 5.69 Å². The van der Waals surface area contributed by atoms with Gasteiger partial charge in [-0.25, -0.2) is 0 Å². The maximum Gasteiger partial charge on any atom is 0.194 e. The highest BCUT2D eigenvalue weighted by Crippen LogP contribution is 2.28. The fourth-order valence-corrected chi connectivity index (χ4v) is 3.96. The highest BCUT2D eigenvalue weighted by atomic mass is 32.1. The van der Waals surface area contributed by atoms with Crippen molar-refractivity contribution in [1.29, 1.82) is 0 Å². The minimum atomic E-state index is 0.831. The molecule has 1 N–H and O–H groups in total. The highest BCUT2D eigenvalue weighted by Gasteiger charge is 2.21. The molecule has 0 saturated carbocycles. The smallest absolute Gasteiger partial charge is 0.194 e. The van der Waals surface area contributed by atoms with Gasteiger partial charge in [-0.3, -0.25) is 4.99 Å². The number of aryl methyl sites for hydroxylation is 1. The van der Waals surface area contributed by atoms with E-state index < -0.39 is 0 Å². The average Bonchev–Trinajstić information content (AvgIpc) is 3.08. The molecular formula is C19H26N4OS. The maximum atomic E-state index is 5.49. The Labute approximate surface area is 153 Å². The molecule has 1 saturated heterocycles. The predicted molar refractivity (Wildman–Crippen MR) is 106 cm³/mol. The van der Waals surface area contributed by atoms with Crippen molar-refractivity contribution in [2.75, 3.05) is 45.2 Å². The number of hydrogen-bond acceptors (Lipinski definition) is 4. The van der Waals surface area contributed by atoms with Crippen LogP contribution in [0.3, 0.4) is 0 Å². The number of anilines is 1. The van der Waals surface area contributed by atoms with E-state index in [1.165, 1.54) is 15.4 Å². The molecule has 0 radical (unpaired) electrons. The molecule has 1 aliphatic heterocycles. The van der Waals surface area contributed by atoms with Gasteiger partial charge in [0.25, 0.3) is 0 Å². The second-order valence-electron chi connectivity index (χ2n) is 6.06. The molecule has 0 unspecified atom stereocenters. The summed E-state index contributed by atoms with van der Waals surface area (Å²) in [6.07, 6.45) is 0. The Morgan fingerprint density at radius 1 is 1.16 bits per heavy atom. The Hall–Kier alpha value is -2.21. The second kappa shape index (κ2) is 8.25. The van der Waals surface area contributed by atoms with Crippen LogP contribution in [0.5, 0.6) is 5.75 Å². The molecule has 0 spiro atoms. The van der Waals surface area contributed by atoms with Crippen LogP contribution in [0.2, 0.25) is 0 Å². The van der Waals surface area contributed by atoms with E-state index in [0.717, 1.165) is 44.4 Å². The summed E-state index contributed by atoms with van der Waals surface area (Å²) in [7, 11) is 3.59. The number of benzene rings is 1. The summed E-state index contributed by atoms with van der Waals surface area (Å²) in [4.78, 5) is 11.8. The molecule has 1 fully saturated rings. The SMILES string of the molecule is CN=C(NCc1ccc(C)s1)N1CCN(c2ccccc2OC)CC1. The van der Waals surface area contributed by atoms with E-state index in [4.69, 9.17) is 4.74 Å². The average molecular weight is 359 g/mol. The molecule has 134 valence electrons. The first kappa shape index (κ1) is 17.6. The van der Waals surface area contributed by atoms with E-state index in [-0.39, 0.29) is 0 Å². The second-order valence-corrected chi connectivity index (χ2v) is 7.43. The molecule has 0 aliphatic carbocycles. The first-order chi connectivity index (χ1) is 12.2. The van der Waals surface area contributed by atoms with Crippen molar-refractivity contribution < 1.29 is 4.74 Å². The van der Waals surface area contributed by atoms with Gasteiger partial charge in [0, 0.05) is 43.0 Å². The van der Waals surface area contributed by atoms with Gasteiger partial charge in [0.1, 0.15) is 5.75 Å². The number of rotatable bonds is 4. The van der Waals surface area contributed by atoms with E-state index in [2.05, 4.69) is 51.3 Å². The minimum absolute atomic E-state index is 0.831. The first-order valence-electron chi connectivity index (χ1n) is 8.60. The van der Waals surface area contributed by atoms with Gasteiger partial charge in [-0.1, -0.05) is 12.1 Å². The molecule has 2 heterocycles. The normalized spacial score (nSPS) is 15.4. The van der Waals surface area contributed by atoms with E-state index in [1.54, 1.807) is 7.11 Å². The van der Waals surface area contributed by atoms with Gasteiger partial charge >= 0.3 is 0 Å². The van der Waals surface area contributed by atoms with Gasteiger partial charge in [0.2, 0.25) is 0 Å². The lowest BCUT2D eigenvalue weighted by molar-refractivity contribution is 0.367. The summed E-state index contributed by atoms with van der Waals surface area (Å²) >= 11 is 1.83.